The Morgan fingerprint density at radius 3 is 1.94 bits per heavy atom. The molecule has 0 amide bonds. The lowest BCUT2D eigenvalue weighted by atomic mass is 10.1. The summed E-state index contributed by atoms with van der Waals surface area (Å²) in [5.41, 5.74) is 5.11. The van der Waals surface area contributed by atoms with E-state index >= 15 is 0 Å². The van der Waals surface area contributed by atoms with Crippen LogP contribution < -0.4 is 10.6 Å². The number of rotatable bonds is 6. The van der Waals surface area contributed by atoms with Gasteiger partial charge in [0.25, 0.3) is 0 Å². The molecular weight excluding hydrogens is 524 g/mol. The van der Waals surface area contributed by atoms with Crippen LogP contribution in [0.1, 0.15) is 5.69 Å². The minimum Gasteiger partial charge on any atom is -0.355 e. The topological polar surface area (TPSA) is 84.0 Å². The summed E-state index contributed by atoms with van der Waals surface area (Å²) < 4.78 is 27.3. The number of para-hydroxylation sites is 1. The van der Waals surface area contributed by atoms with E-state index in [0.29, 0.717) is 0 Å². The fourth-order valence-electron chi connectivity index (χ4n) is 3.77. The van der Waals surface area contributed by atoms with Gasteiger partial charge in [-0.05, 0) is 95.7 Å². The average Bonchev–Trinajstić information content (AvgIpc) is 2.86. The van der Waals surface area contributed by atoms with E-state index in [1.807, 2.05) is 43.3 Å². The van der Waals surface area contributed by atoms with Gasteiger partial charge in [0.2, 0.25) is 9.84 Å². The van der Waals surface area contributed by atoms with Crippen LogP contribution in [0.15, 0.2) is 112 Å². The highest BCUT2D eigenvalue weighted by molar-refractivity contribution is 9.10. The Morgan fingerprint density at radius 2 is 1.31 bits per heavy atom. The predicted molar refractivity (Wildman–Crippen MR) is 143 cm³/mol. The zero-order valence-electron chi connectivity index (χ0n) is 18.7. The second kappa shape index (κ2) is 9.48. The van der Waals surface area contributed by atoms with Crippen molar-refractivity contribution in [1.29, 1.82) is 0 Å². The molecule has 2 N–H and O–H groups in total. The first-order chi connectivity index (χ1) is 16.9. The van der Waals surface area contributed by atoms with Gasteiger partial charge in [-0.15, -0.1) is 0 Å². The Bertz CT molecular complexity index is 1610. The summed E-state index contributed by atoms with van der Waals surface area (Å²) in [4.78, 5) is 9.07. The molecule has 0 aliphatic heterocycles. The molecule has 2 aromatic heterocycles. The van der Waals surface area contributed by atoms with Gasteiger partial charge in [0.15, 0.2) is 0 Å². The summed E-state index contributed by atoms with van der Waals surface area (Å²) >= 11 is 3.56. The van der Waals surface area contributed by atoms with Crippen molar-refractivity contribution in [2.75, 3.05) is 10.6 Å². The van der Waals surface area contributed by atoms with Crippen LogP contribution >= 0.6 is 15.9 Å². The molecule has 0 saturated heterocycles. The fraction of sp³-hybridized carbons (Fsp3) is 0.0370. The minimum atomic E-state index is -3.65. The van der Waals surface area contributed by atoms with Crippen molar-refractivity contribution in [1.82, 2.24) is 9.97 Å². The number of halogens is 1. The van der Waals surface area contributed by atoms with Crippen molar-refractivity contribution in [2.45, 2.75) is 16.7 Å². The number of benzene rings is 3. The van der Waals surface area contributed by atoms with E-state index in [0.717, 1.165) is 43.8 Å². The molecule has 35 heavy (non-hydrogen) atoms. The van der Waals surface area contributed by atoms with E-state index in [-0.39, 0.29) is 9.79 Å². The molecular formula is C27H21BrN4O2S. The van der Waals surface area contributed by atoms with Crippen molar-refractivity contribution in [3.8, 4) is 0 Å². The highest BCUT2D eigenvalue weighted by Crippen LogP contribution is 2.31. The van der Waals surface area contributed by atoms with Crippen LogP contribution in [0.25, 0.3) is 10.9 Å². The first-order valence-corrected chi connectivity index (χ1v) is 13.1. The normalized spacial score (nSPS) is 11.4. The van der Waals surface area contributed by atoms with E-state index in [4.69, 9.17) is 0 Å². The van der Waals surface area contributed by atoms with Gasteiger partial charge in [-0.2, -0.15) is 0 Å². The van der Waals surface area contributed by atoms with E-state index in [1.54, 1.807) is 60.9 Å². The largest absolute Gasteiger partial charge is 0.355 e. The average molecular weight is 545 g/mol. The molecule has 0 spiro atoms. The van der Waals surface area contributed by atoms with Crippen LogP contribution in [0.3, 0.4) is 0 Å². The van der Waals surface area contributed by atoms with Gasteiger partial charge >= 0.3 is 0 Å². The second-order valence-corrected chi connectivity index (χ2v) is 10.8. The second-order valence-electron chi connectivity index (χ2n) is 7.99. The van der Waals surface area contributed by atoms with Crippen molar-refractivity contribution in [2.24, 2.45) is 0 Å². The van der Waals surface area contributed by atoms with Crippen molar-refractivity contribution in [3.63, 3.8) is 0 Å². The summed E-state index contributed by atoms with van der Waals surface area (Å²) in [5, 5.41) is 7.59. The Morgan fingerprint density at radius 1 is 0.743 bits per heavy atom. The molecule has 8 heteroatoms. The van der Waals surface area contributed by atoms with Gasteiger partial charge in [-0.3, -0.25) is 9.97 Å². The number of pyridine rings is 2. The van der Waals surface area contributed by atoms with E-state index in [1.165, 1.54) is 0 Å². The lowest BCUT2D eigenvalue weighted by Crippen LogP contribution is -2.02. The molecule has 0 saturated carbocycles. The zero-order valence-corrected chi connectivity index (χ0v) is 21.1. The highest BCUT2D eigenvalue weighted by Gasteiger charge is 2.17. The van der Waals surface area contributed by atoms with Crippen LogP contribution in [0.2, 0.25) is 0 Å². The Kier molecular flexibility index (Phi) is 6.23. The standard InChI is InChI=1S/C27H21BrN4O2S/c1-18-17-26(24-3-2-4-25(28)27(24)30-18)32-20-7-11-23(12-8-20)35(33,34)22-9-5-19(6-10-22)31-21-13-15-29-16-14-21/h2-17H,1H3,(H,29,31)(H,30,32). The van der Waals surface area contributed by atoms with Gasteiger partial charge in [0, 0.05) is 50.7 Å². The third-order valence-corrected chi connectivity index (χ3v) is 7.92. The number of nitrogens with one attached hydrogen (secondary N) is 2. The smallest absolute Gasteiger partial charge is 0.206 e. The van der Waals surface area contributed by atoms with Gasteiger partial charge in [-0.25, -0.2) is 8.42 Å². The van der Waals surface area contributed by atoms with Gasteiger partial charge in [0.1, 0.15) is 0 Å². The molecule has 0 aliphatic carbocycles. The number of aromatic nitrogens is 2. The lowest BCUT2D eigenvalue weighted by Gasteiger charge is -2.12. The maximum absolute atomic E-state index is 13.2. The van der Waals surface area contributed by atoms with Crippen molar-refractivity contribution < 1.29 is 8.42 Å². The molecule has 5 rings (SSSR count). The Balaban J connectivity index is 1.37. The molecule has 0 bridgehead atoms. The fourth-order valence-corrected chi connectivity index (χ4v) is 5.49. The molecule has 0 aliphatic rings. The van der Waals surface area contributed by atoms with Gasteiger partial charge < -0.3 is 10.6 Å². The predicted octanol–water partition coefficient (Wildman–Crippen LogP) is 7.02. The summed E-state index contributed by atoms with van der Waals surface area (Å²) in [5.74, 6) is 0. The zero-order chi connectivity index (χ0) is 24.4. The quantitative estimate of drug-likeness (QED) is 0.239. The van der Waals surface area contributed by atoms with Crippen LogP contribution in [0, 0.1) is 6.92 Å². The van der Waals surface area contributed by atoms with E-state index in [9.17, 15) is 8.42 Å². The number of aryl methyl sites for hydroxylation is 1. The Hall–Kier alpha value is -3.75. The molecule has 5 aromatic rings. The number of hydrogen-bond donors (Lipinski definition) is 2. The molecule has 0 radical (unpaired) electrons. The molecule has 2 heterocycles. The van der Waals surface area contributed by atoms with Crippen molar-refractivity contribution >= 4 is 59.4 Å². The van der Waals surface area contributed by atoms with Crippen LogP contribution in [-0.2, 0) is 9.84 Å². The van der Waals surface area contributed by atoms with E-state index < -0.39 is 9.84 Å². The molecule has 0 atom stereocenters. The summed E-state index contributed by atoms with van der Waals surface area (Å²) in [6.45, 7) is 1.94. The minimum absolute atomic E-state index is 0.233. The highest BCUT2D eigenvalue weighted by atomic mass is 79.9. The van der Waals surface area contributed by atoms with Crippen LogP contribution in [-0.4, -0.2) is 18.4 Å². The van der Waals surface area contributed by atoms with Gasteiger partial charge in [-0.1, -0.05) is 12.1 Å². The van der Waals surface area contributed by atoms with Crippen LogP contribution in [0.4, 0.5) is 22.7 Å². The SMILES string of the molecule is Cc1cc(Nc2ccc(S(=O)(=O)c3ccc(Nc4ccncc4)cc3)cc2)c2cccc(Br)c2n1. The third kappa shape index (κ3) is 4.89. The first-order valence-electron chi connectivity index (χ1n) is 10.9. The molecule has 3 aromatic carbocycles. The third-order valence-electron chi connectivity index (χ3n) is 5.50. The molecule has 0 fully saturated rings. The Labute approximate surface area is 212 Å². The first kappa shape index (κ1) is 23.0. The summed E-state index contributed by atoms with van der Waals surface area (Å²) in [6, 6.07) is 25.1. The maximum atomic E-state index is 13.2. The number of fused-ring (bicyclic) bond motifs is 1. The lowest BCUT2D eigenvalue weighted by molar-refractivity contribution is 0.596. The summed E-state index contributed by atoms with van der Waals surface area (Å²) in [7, 11) is -3.65. The molecule has 6 nitrogen and oxygen atoms in total. The molecule has 174 valence electrons. The monoisotopic (exact) mass is 544 g/mol. The number of hydrogen-bond acceptors (Lipinski definition) is 6. The number of anilines is 4. The number of nitrogens with zero attached hydrogens (tertiary/aromatic N) is 2. The van der Waals surface area contributed by atoms with Gasteiger partial charge in [0.05, 0.1) is 15.3 Å². The molecule has 0 unspecified atom stereocenters. The van der Waals surface area contributed by atoms with Crippen LogP contribution in [0.5, 0.6) is 0 Å². The van der Waals surface area contributed by atoms with E-state index in [2.05, 4.69) is 36.5 Å². The maximum Gasteiger partial charge on any atom is 0.206 e. The summed E-state index contributed by atoms with van der Waals surface area (Å²) in [6.07, 6.45) is 3.38. The number of sulfone groups is 1. The van der Waals surface area contributed by atoms with Crippen molar-refractivity contribution in [3.05, 3.63) is 107 Å².